The van der Waals surface area contributed by atoms with Gasteiger partial charge in [-0.05, 0) is 119 Å². The minimum Gasteiger partial charge on any atom is -0.492 e. The topological polar surface area (TPSA) is 42.0 Å². The Kier molecular flexibility index (Phi) is 8.47. The van der Waals surface area contributed by atoms with Crippen molar-refractivity contribution in [2.24, 2.45) is 0 Å². The largest absolute Gasteiger partial charge is 0.492 e. The van der Waals surface area contributed by atoms with Crippen molar-refractivity contribution in [2.45, 2.75) is 38.6 Å². The van der Waals surface area contributed by atoms with Crippen LogP contribution in [0, 0.1) is 0 Å². The van der Waals surface area contributed by atoms with Crippen LogP contribution in [0.3, 0.4) is 0 Å². The SMILES string of the molecule is CC(COc1ccc(C(=O)c2c(-c3ccc(OCCN4CCCC4)cc3)sc3ccccc23)cc1)N1CCCC1. The maximum atomic E-state index is 13.9. The molecule has 0 aliphatic carbocycles. The van der Waals surface area contributed by atoms with Crippen LogP contribution in [0.2, 0.25) is 0 Å². The van der Waals surface area contributed by atoms with Crippen molar-refractivity contribution in [2.75, 3.05) is 45.9 Å². The Balaban J connectivity index is 1.17. The van der Waals surface area contributed by atoms with Gasteiger partial charge in [0.25, 0.3) is 0 Å². The molecule has 1 atom stereocenters. The molecule has 6 heteroatoms. The van der Waals surface area contributed by atoms with E-state index >= 15 is 0 Å². The summed E-state index contributed by atoms with van der Waals surface area (Å²) in [4.78, 5) is 19.9. The molecule has 0 spiro atoms. The number of benzene rings is 3. The number of ketones is 1. The molecule has 0 radical (unpaired) electrons. The Labute approximate surface area is 241 Å². The fourth-order valence-corrected chi connectivity index (χ4v) is 7.03. The third-order valence-corrected chi connectivity index (χ3v) is 9.41. The van der Waals surface area contributed by atoms with Crippen molar-refractivity contribution in [1.82, 2.24) is 9.80 Å². The second-order valence-corrected chi connectivity index (χ2v) is 12.0. The minimum atomic E-state index is 0.0374. The molecular formula is C34H38N2O3S. The van der Waals surface area contributed by atoms with Crippen LogP contribution in [0.15, 0.2) is 72.8 Å². The van der Waals surface area contributed by atoms with Gasteiger partial charge in [0, 0.05) is 38.7 Å². The van der Waals surface area contributed by atoms with Crippen LogP contribution >= 0.6 is 11.3 Å². The highest BCUT2D eigenvalue weighted by Gasteiger charge is 2.22. The quantitative estimate of drug-likeness (QED) is 0.184. The number of carbonyl (C=O) groups excluding carboxylic acids is 1. The summed E-state index contributed by atoms with van der Waals surface area (Å²) in [5.41, 5.74) is 2.47. The number of likely N-dealkylation sites (tertiary alicyclic amines) is 2. The van der Waals surface area contributed by atoms with E-state index in [-0.39, 0.29) is 5.78 Å². The molecule has 2 saturated heterocycles. The molecule has 0 bridgehead atoms. The number of thiophene rings is 1. The number of nitrogens with zero attached hydrogens (tertiary/aromatic N) is 2. The van der Waals surface area contributed by atoms with Crippen LogP contribution in [-0.4, -0.2) is 67.6 Å². The molecule has 2 fully saturated rings. The maximum absolute atomic E-state index is 13.9. The van der Waals surface area contributed by atoms with E-state index in [4.69, 9.17) is 9.47 Å². The second kappa shape index (κ2) is 12.5. The molecule has 0 saturated carbocycles. The van der Waals surface area contributed by atoms with E-state index in [1.807, 2.05) is 48.5 Å². The summed E-state index contributed by atoms with van der Waals surface area (Å²) in [5.74, 6) is 1.71. The van der Waals surface area contributed by atoms with Gasteiger partial charge in [0.05, 0.1) is 0 Å². The zero-order valence-corrected chi connectivity index (χ0v) is 24.1. The zero-order chi connectivity index (χ0) is 27.3. The third kappa shape index (κ3) is 6.09. The lowest BCUT2D eigenvalue weighted by Gasteiger charge is -2.23. The zero-order valence-electron chi connectivity index (χ0n) is 23.3. The Morgan fingerprint density at radius 2 is 1.48 bits per heavy atom. The molecule has 2 aliphatic rings. The van der Waals surface area contributed by atoms with Gasteiger partial charge in [0.15, 0.2) is 5.78 Å². The van der Waals surface area contributed by atoms with Gasteiger partial charge in [0.1, 0.15) is 24.7 Å². The molecule has 0 amide bonds. The van der Waals surface area contributed by atoms with Crippen molar-refractivity contribution in [1.29, 1.82) is 0 Å². The highest BCUT2D eigenvalue weighted by molar-refractivity contribution is 7.22. The fourth-order valence-electron chi connectivity index (χ4n) is 5.83. The average Bonchev–Trinajstić information content (AvgIpc) is 3.78. The fraction of sp³-hybridized carbons (Fsp3) is 0.382. The number of rotatable bonds is 11. The summed E-state index contributed by atoms with van der Waals surface area (Å²) in [6.07, 6.45) is 5.14. The van der Waals surface area contributed by atoms with Gasteiger partial charge in [-0.3, -0.25) is 14.6 Å². The monoisotopic (exact) mass is 554 g/mol. The molecule has 5 nitrogen and oxygen atoms in total. The lowest BCUT2D eigenvalue weighted by Crippen LogP contribution is -2.34. The number of ether oxygens (including phenoxy) is 2. The molecule has 2 aliphatic heterocycles. The van der Waals surface area contributed by atoms with Crippen LogP contribution in [-0.2, 0) is 0 Å². The van der Waals surface area contributed by atoms with Crippen LogP contribution in [0.25, 0.3) is 20.5 Å². The first-order valence-electron chi connectivity index (χ1n) is 14.6. The Morgan fingerprint density at radius 1 is 0.825 bits per heavy atom. The minimum absolute atomic E-state index is 0.0374. The number of fused-ring (bicyclic) bond motifs is 1. The molecular weight excluding hydrogens is 516 g/mol. The van der Waals surface area contributed by atoms with E-state index in [0.29, 0.717) is 24.8 Å². The third-order valence-electron chi connectivity index (χ3n) is 8.19. The van der Waals surface area contributed by atoms with E-state index in [2.05, 4.69) is 41.0 Å². The average molecular weight is 555 g/mol. The molecule has 0 N–H and O–H groups in total. The molecule has 3 aromatic carbocycles. The normalized spacial score (nSPS) is 16.9. The van der Waals surface area contributed by atoms with E-state index in [9.17, 15) is 4.79 Å². The van der Waals surface area contributed by atoms with Gasteiger partial charge in [-0.15, -0.1) is 11.3 Å². The first-order valence-corrected chi connectivity index (χ1v) is 15.5. The maximum Gasteiger partial charge on any atom is 0.195 e. The highest BCUT2D eigenvalue weighted by atomic mass is 32.1. The molecule has 1 aromatic heterocycles. The summed E-state index contributed by atoms with van der Waals surface area (Å²) >= 11 is 1.67. The van der Waals surface area contributed by atoms with Gasteiger partial charge < -0.3 is 9.47 Å². The Morgan fingerprint density at radius 3 is 2.23 bits per heavy atom. The van der Waals surface area contributed by atoms with Gasteiger partial charge in [-0.2, -0.15) is 0 Å². The van der Waals surface area contributed by atoms with Crippen molar-refractivity contribution < 1.29 is 14.3 Å². The van der Waals surface area contributed by atoms with E-state index in [1.165, 1.54) is 38.8 Å². The van der Waals surface area contributed by atoms with Crippen LogP contribution < -0.4 is 9.47 Å². The van der Waals surface area contributed by atoms with Gasteiger partial charge in [-0.25, -0.2) is 0 Å². The molecule has 208 valence electrons. The lowest BCUT2D eigenvalue weighted by atomic mass is 9.97. The summed E-state index contributed by atoms with van der Waals surface area (Å²) in [7, 11) is 0. The second-order valence-electron chi connectivity index (χ2n) is 11.0. The summed E-state index contributed by atoms with van der Waals surface area (Å²) < 4.78 is 13.2. The van der Waals surface area contributed by atoms with Crippen LogP contribution in [0.5, 0.6) is 11.5 Å². The lowest BCUT2D eigenvalue weighted by molar-refractivity contribution is 0.104. The molecule has 40 heavy (non-hydrogen) atoms. The van der Waals surface area contributed by atoms with Gasteiger partial charge in [-0.1, -0.05) is 18.2 Å². The summed E-state index contributed by atoms with van der Waals surface area (Å²) in [6.45, 7) is 9.22. The van der Waals surface area contributed by atoms with Crippen LogP contribution in [0.1, 0.15) is 48.5 Å². The number of carbonyl (C=O) groups is 1. The van der Waals surface area contributed by atoms with Crippen LogP contribution in [0.4, 0.5) is 0 Å². The standard InChI is InChI=1S/C34H38N2O3S/c1-25(36-20-6-7-21-36)24-39-29-14-10-26(11-15-29)33(37)32-30-8-2-3-9-31(30)40-34(32)27-12-16-28(17-13-27)38-23-22-35-18-4-5-19-35/h2-3,8-17,25H,4-7,18-24H2,1H3. The van der Waals surface area contributed by atoms with E-state index in [0.717, 1.165) is 57.2 Å². The predicted octanol–water partition coefficient (Wildman–Crippen LogP) is 7.14. The predicted molar refractivity (Wildman–Crippen MR) is 164 cm³/mol. The number of hydrogen-bond acceptors (Lipinski definition) is 6. The van der Waals surface area contributed by atoms with Crippen molar-refractivity contribution in [3.05, 3.63) is 83.9 Å². The number of hydrogen-bond donors (Lipinski definition) is 0. The summed E-state index contributed by atoms with van der Waals surface area (Å²) in [5, 5.41) is 0.998. The Hall–Kier alpha value is -3.19. The molecule has 1 unspecified atom stereocenters. The Bertz CT molecular complexity index is 1420. The smallest absolute Gasteiger partial charge is 0.195 e. The van der Waals surface area contributed by atoms with Crippen molar-refractivity contribution >= 4 is 27.2 Å². The van der Waals surface area contributed by atoms with E-state index < -0.39 is 0 Å². The van der Waals surface area contributed by atoms with Gasteiger partial charge in [0.2, 0.25) is 0 Å². The van der Waals surface area contributed by atoms with E-state index in [1.54, 1.807) is 11.3 Å². The first kappa shape index (κ1) is 27.0. The first-order chi connectivity index (χ1) is 19.7. The highest BCUT2D eigenvalue weighted by Crippen LogP contribution is 2.40. The molecule has 6 rings (SSSR count). The summed E-state index contributed by atoms with van der Waals surface area (Å²) in [6, 6.07) is 24.4. The molecule has 3 heterocycles. The van der Waals surface area contributed by atoms with Crippen molar-refractivity contribution in [3.63, 3.8) is 0 Å². The molecule has 4 aromatic rings. The van der Waals surface area contributed by atoms with Crippen molar-refractivity contribution in [3.8, 4) is 21.9 Å². The van der Waals surface area contributed by atoms with Gasteiger partial charge >= 0.3 is 0 Å².